The van der Waals surface area contributed by atoms with Gasteiger partial charge in [0.1, 0.15) is 5.52 Å². The fraction of sp³-hybridized carbons (Fsp3) is 0.478. The summed E-state index contributed by atoms with van der Waals surface area (Å²) in [5.41, 5.74) is 3.80. The van der Waals surface area contributed by atoms with Crippen molar-refractivity contribution in [3.8, 4) is 5.69 Å². The van der Waals surface area contributed by atoms with E-state index in [2.05, 4.69) is 34.3 Å². The van der Waals surface area contributed by atoms with E-state index in [9.17, 15) is 4.79 Å². The number of fused-ring (bicyclic) bond motifs is 1. The second kappa shape index (κ2) is 8.81. The Morgan fingerprint density at radius 2 is 2.00 bits per heavy atom. The number of hydrogen-bond acceptors (Lipinski definition) is 5. The molecule has 1 N–H and O–H groups in total. The molecule has 1 aliphatic heterocycles. The number of nitrogens with zero attached hydrogens (tertiary/aromatic N) is 5. The summed E-state index contributed by atoms with van der Waals surface area (Å²) in [6.45, 7) is 8.45. The number of aromatic nitrogens is 4. The molecular weight excluding hydrogens is 376 g/mol. The molecule has 1 amide bonds. The average molecular weight is 407 g/mol. The number of carbonyl (C=O) groups is 1. The number of nitrogens with one attached hydrogen (secondary N) is 1. The molecule has 3 heterocycles. The molecule has 158 valence electrons. The van der Waals surface area contributed by atoms with Crippen molar-refractivity contribution >= 4 is 22.6 Å². The van der Waals surface area contributed by atoms with Gasteiger partial charge in [0.15, 0.2) is 5.82 Å². The van der Waals surface area contributed by atoms with Gasteiger partial charge in [0.05, 0.1) is 28.4 Å². The first-order valence-corrected chi connectivity index (χ1v) is 10.9. The highest BCUT2D eigenvalue weighted by molar-refractivity contribution is 5.92. The zero-order valence-electron chi connectivity index (χ0n) is 18.1. The number of anilines is 1. The molecule has 0 spiro atoms. The molecule has 1 fully saturated rings. The predicted molar refractivity (Wildman–Crippen MR) is 119 cm³/mol. The van der Waals surface area contributed by atoms with Crippen LogP contribution in [0.15, 0.2) is 30.3 Å². The highest BCUT2D eigenvalue weighted by Gasteiger charge is 2.29. The van der Waals surface area contributed by atoms with Gasteiger partial charge in [-0.2, -0.15) is 10.2 Å². The van der Waals surface area contributed by atoms with Gasteiger partial charge < -0.3 is 10.2 Å². The summed E-state index contributed by atoms with van der Waals surface area (Å²) in [5.74, 6) is 0.904. The van der Waals surface area contributed by atoms with Gasteiger partial charge in [-0.15, -0.1) is 5.10 Å². The summed E-state index contributed by atoms with van der Waals surface area (Å²) in [6, 6.07) is 10.1. The van der Waals surface area contributed by atoms with Crippen molar-refractivity contribution in [2.45, 2.75) is 46.5 Å². The number of aryl methyl sites for hydroxylation is 2. The molecule has 0 aliphatic carbocycles. The lowest BCUT2D eigenvalue weighted by atomic mass is 9.97. The van der Waals surface area contributed by atoms with Crippen LogP contribution >= 0.6 is 0 Å². The molecule has 30 heavy (non-hydrogen) atoms. The van der Waals surface area contributed by atoms with E-state index in [1.165, 1.54) is 0 Å². The quantitative estimate of drug-likeness (QED) is 0.634. The second-order valence-electron chi connectivity index (χ2n) is 8.10. The molecule has 0 radical (unpaired) electrons. The van der Waals surface area contributed by atoms with Crippen molar-refractivity contribution in [1.82, 2.24) is 25.3 Å². The molecule has 7 heteroatoms. The first-order valence-electron chi connectivity index (χ1n) is 10.9. The standard InChI is InChI=1S/C23H30N6O/c1-4-5-13-24-23(30)18-10-9-14-28(15-18)22-21-20(16(2)25-26-22)17(3)29(27-21)19-11-7-6-8-12-19/h6-8,11-12,18H,4-5,9-10,13-15H2,1-3H3,(H,24,30). The Bertz CT molecular complexity index is 1030. The molecular formula is C23H30N6O. The van der Waals surface area contributed by atoms with Crippen LogP contribution in [-0.2, 0) is 4.79 Å². The molecule has 0 bridgehead atoms. The molecule has 4 rings (SSSR count). The van der Waals surface area contributed by atoms with Crippen molar-refractivity contribution in [3.63, 3.8) is 0 Å². The Hall–Kier alpha value is -2.96. The molecule has 1 aromatic carbocycles. The Balaban J connectivity index is 1.66. The SMILES string of the molecule is CCCCNC(=O)C1CCCN(c2nnc(C)c3c(C)n(-c4ccccc4)nc23)C1. The van der Waals surface area contributed by atoms with Crippen LogP contribution in [0.5, 0.6) is 0 Å². The van der Waals surface area contributed by atoms with Crippen LogP contribution in [0.3, 0.4) is 0 Å². The number of hydrogen-bond donors (Lipinski definition) is 1. The third-order valence-corrected chi connectivity index (χ3v) is 5.91. The number of carbonyl (C=O) groups excluding carboxylic acids is 1. The number of unbranched alkanes of at least 4 members (excludes halogenated alkanes) is 1. The minimum absolute atomic E-state index is 0.0222. The topological polar surface area (TPSA) is 75.9 Å². The summed E-state index contributed by atoms with van der Waals surface area (Å²) in [5, 5.41) is 18.0. The van der Waals surface area contributed by atoms with E-state index in [1.807, 2.05) is 41.9 Å². The van der Waals surface area contributed by atoms with E-state index < -0.39 is 0 Å². The zero-order chi connectivity index (χ0) is 21.1. The monoisotopic (exact) mass is 406 g/mol. The highest BCUT2D eigenvalue weighted by Crippen LogP contribution is 2.31. The van der Waals surface area contributed by atoms with E-state index in [4.69, 9.17) is 5.10 Å². The second-order valence-corrected chi connectivity index (χ2v) is 8.10. The van der Waals surface area contributed by atoms with Gasteiger partial charge in [-0.3, -0.25) is 4.79 Å². The van der Waals surface area contributed by atoms with E-state index in [1.54, 1.807) is 0 Å². The van der Waals surface area contributed by atoms with Crippen LogP contribution in [0.1, 0.15) is 44.0 Å². The maximum atomic E-state index is 12.6. The van der Waals surface area contributed by atoms with Gasteiger partial charge >= 0.3 is 0 Å². The number of amides is 1. The average Bonchev–Trinajstić information content (AvgIpc) is 3.13. The van der Waals surface area contributed by atoms with Crippen molar-refractivity contribution in [3.05, 3.63) is 41.7 Å². The van der Waals surface area contributed by atoms with E-state index >= 15 is 0 Å². The molecule has 2 aromatic heterocycles. The van der Waals surface area contributed by atoms with Crippen LogP contribution in [0.2, 0.25) is 0 Å². The summed E-state index contributed by atoms with van der Waals surface area (Å²) < 4.78 is 1.96. The van der Waals surface area contributed by atoms with Crippen molar-refractivity contribution in [1.29, 1.82) is 0 Å². The summed E-state index contributed by atoms with van der Waals surface area (Å²) >= 11 is 0. The summed E-state index contributed by atoms with van der Waals surface area (Å²) in [7, 11) is 0. The molecule has 1 unspecified atom stereocenters. The molecule has 3 aromatic rings. The van der Waals surface area contributed by atoms with Crippen molar-refractivity contribution in [2.75, 3.05) is 24.5 Å². The predicted octanol–water partition coefficient (Wildman–Crippen LogP) is 3.57. The van der Waals surface area contributed by atoms with E-state index in [0.29, 0.717) is 6.54 Å². The Morgan fingerprint density at radius 1 is 1.20 bits per heavy atom. The number of piperidine rings is 1. The van der Waals surface area contributed by atoms with Crippen LogP contribution in [-0.4, -0.2) is 45.5 Å². The number of benzene rings is 1. The lowest BCUT2D eigenvalue weighted by Gasteiger charge is -2.32. The van der Waals surface area contributed by atoms with Gasteiger partial charge in [-0.25, -0.2) is 4.68 Å². The minimum Gasteiger partial charge on any atom is -0.356 e. The minimum atomic E-state index is -0.0222. The van der Waals surface area contributed by atoms with Gasteiger partial charge in [-0.05, 0) is 45.2 Å². The fourth-order valence-electron chi connectivity index (χ4n) is 4.26. The van der Waals surface area contributed by atoms with Crippen LogP contribution in [0.25, 0.3) is 16.6 Å². The van der Waals surface area contributed by atoms with Gasteiger partial charge in [0.25, 0.3) is 0 Å². The van der Waals surface area contributed by atoms with Gasteiger partial charge in [-0.1, -0.05) is 31.5 Å². The molecule has 1 saturated heterocycles. The Kier molecular flexibility index (Phi) is 5.97. The normalized spacial score (nSPS) is 16.8. The first-order chi connectivity index (χ1) is 14.6. The van der Waals surface area contributed by atoms with Crippen LogP contribution < -0.4 is 10.2 Å². The Labute approximate surface area is 177 Å². The van der Waals surface area contributed by atoms with Gasteiger partial charge in [0, 0.05) is 19.6 Å². The van der Waals surface area contributed by atoms with Gasteiger partial charge in [0.2, 0.25) is 5.91 Å². The lowest BCUT2D eigenvalue weighted by Crippen LogP contribution is -2.43. The third kappa shape index (κ3) is 3.88. The van der Waals surface area contributed by atoms with E-state index in [-0.39, 0.29) is 11.8 Å². The zero-order valence-corrected chi connectivity index (χ0v) is 18.1. The number of para-hydroxylation sites is 1. The summed E-state index contributed by atoms with van der Waals surface area (Å²) in [6.07, 6.45) is 3.97. The van der Waals surface area contributed by atoms with E-state index in [0.717, 1.165) is 72.6 Å². The van der Waals surface area contributed by atoms with Crippen LogP contribution in [0.4, 0.5) is 5.82 Å². The maximum Gasteiger partial charge on any atom is 0.224 e. The molecule has 7 nitrogen and oxygen atoms in total. The summed E-state index contributed by atoms with van der Waals surface area (Å²) in [4.78, 5) is 14.8. The maximum absolute atomic E-state index is 12.6. The van der Waals surface area contributed by atoms with Crippen molar-refractivity contribution in [2.24, 2.45) is 5.92 Å². The fourth-order valence-corrected chi connectivity index (χ4v) is 4.26. The smallest absolute Gasteiger partial charge is 0.224 e. The highest BCUT2D eigenvalue weighted by atomic mass is 16.1. The first kappa shape index (κ1) is 20.3. The largest absolute Gasteiger partial charge is 0.356 e. The molecule has 1 aliphatic rings. The molecule has 0 saturated carbocycles. The van der Waals surface area contributed by atoms with Crippen molar-refractivity contribution < 1.29 is 4.79 Å². The third-order valence-electron chi connectivity index (χ3n) is 5.91. The molecule has 1 atom stereocenters. The number of rotatable bonds is 6. The lowest BCUT2D eigenvalue weighted by molar-refractivity contribution is -0.125. The Morgan fingerprint density at radius 3 is 2.77 bits per heavy atom. The van der Waals surface area contributed by atoms with Crippen LogP contribution in [0, 0.1) is 19.8 Å².